The highest BCUT2D eigenvalue weighted by Crippen LogP contribution is 2.15. The summed E-state index contributed by atoms with van der Waals surface area (Å²) in [5, 5.41) is 0. The maximum absolute atomic E-state index is 12.1. The first-order valence-corrected chi connectivity index (χ1v) is 3.52. The average Bonchev–Trinajstić information content (AvgIpc) is 1.78. The van der Waals surface area contributed by atoms with Gasteiger partial charge in [-0.15, -0.1) is 0 Å². The van der Waals surface area contributed by atoms with E-state index in [2.05, 4.69) is 0 Å². The summed E-state index contributed by atoms with van der Waals surface area (Å²) in [6.45, 7) is 3.60. The van der Waals surface area contributed by atoms with E-state index in [1.165, 1.54) is 0 Å². The lowest BCUT2D eigenvalue weighted by atomic mass is 10.3. The standard InChI is InChI=1S/C7H14F2O/c1-3-5-10-6-4-7(2,8)9/h3-6H2,1-2H3. The lowest BCUT2D eigenvalue weighted by molar-refractivity contribution is -0.0163. The van der Waals surface area contributed by atoms with Gasteiger partial charge >= 0.3 is 0 Å². The Morgan fingerprint density at radius 3 is 2.30 bits per heavy atom. The van der Waals surface area contributed by atoms with Crippen LogP contribution in [-0.4, -0.2) is 19.1 Å². The maximum atomic E-state index is 12.1. The van der Waals surface area contributed by atoms with E-state index in [9.17, 15) is 8.78 Å². The van der Waals surface area contributed by atoms with Crippen LogP contribution in [0.15, 0.2) is 0 Å². The molecule has 0 saturated carbocycles. The monoisotopic (exact) mass is 152 g/mol. The molecular weight excluding hydrogens is 138 g/mol. The second-order valence-electron chi connectivity index (χ2n) is 2.43. The molecule has 0 N–H and O–H groups in total. The van der Waals surface area contributed by atoms with Gasteiger partial charge < -0.3 is 4.74 Å². The third-order valence-electron chi connectivity index (χ3n) is 1.03. The minimum atomic E-state index is -2.58. The fourth-order valence-corrected chi connectivity index (χ4v) is 0.498. The SMILES string of the molecule is CCCOCCC(C)(F)F. The number of halogens is 2. The fourth-order valence-electron chi connectivity index (χ4n) is 0.498. The van der Waals surface area contributed by atoms with Crippen LogP contribution in [0, 0.1) is 0 Å². The van der Waals surface area contributed by atoms with Crippen LogP contribution in [0.1, 0.15) is 26.7 Å². The molecular formula is C7H14F2O. The average molecular weight is 152 g/mol. The third kappa shape index (κ3) is 7.82. The molecule has 0 aromatic heterocycles. The molecule has 0 heterocycles. The van der Waals surface area contributed by atoms with E-state index in [1.807, 2.05) is 6.92 Å². The Morgan fingerprint density at radius 2 is 1.90 bits per heavy atom. The Morgan fingerprint density at radius 1 is 1.30 bits per heavy atom. The van der Waals surface area contributed by atoms with Crippen LogP contribution in [0.4, 0.5) is 8.78 Å². The van der Waals surface area contributed by atoms with Crippen LogP contribution in [0.25, 0.3) is 0 Å². The smallest absolute Gasteiger partial charge is 0.247 e. The van der Waals surface area contributed by atoms with Gasteiger partial charge in [0.2, 0.25) is 5.92 Å². The molecule has 0 bridgehead atoms. The number of hydrogen-bond acceptors (Lipinski definition) is 1. The molecule has 3 heteroatoms. The Kier molecular flexibility index (Phi) is 4.52. The summed E-state index contributed by atoms with van der Waals surface area (Å²) < 4.78 is 29.0. The molecule has 0 aromatic carbocycles. The molecule has 0 aliphatic rings. The van der Waals surface area contributed by atoms with Gasteiger partial charge in [-0.25, -0.2) is 8.78 Å². The molecule has 10 heavy (non-hydrogen) atoms. The molecule has 0 atom stereocenters. The van der Waals surface area contributed by atoms with Crippen molar-refractivity contribution in [1.82, 2.24) is 0 Å². The lowest BCUT2D eigenvalue weighted by Gasteiger charge is -2.08. The van der Waals surface area contributed by atoms with Crippen molar-refractivity contribution in [3.8, 4) is 0 Å². The Labute approximate surface area is 60.4 Å². The van der Waals surface area contributed by atoms with Gasteiger partial charge in [0.05, 0.1) is 6.61 Å². The molecule has 62 valence electrons. The predicted octanol–water partition coefficient (Wildman–Crippen LogP) is 2.46. The van der Waals surface area contributed by atoms with E-state index in [0.29, 0.717) is 6.61 Å². The van der Waals surface area contributed by atoms with Crippen LogP contribution in [-0.2, 0) is 4.74 Å². The summed E-state index contributed by atoms with van der Waals surface area (Å²) in [5.41, 5.74) is 0. The lowest BCUT2D eigenvalue weighted by Crippen LogP contribution is -2.13. The van der Waals surface area contributed by atoms with Crippen LogP contribution < -0.4 is 0 Å². The first kappa shape index (κ1) is 9.82. The summed E-state index contributed by atoms with van der Waals surface area (Å²) in [7, 11) is 0. The largest absolute Gasteiger partial charge is 0.381 e. The number of alkyl halides is 2. The van der Waals surface area contributed by atoms with Crippen LogP contribution in [0.2, 0.25) is 0 Å². The Balaban J connectivity index is 3.04. The van der Waals surface area contributed by atoms with Crippen LogP contribution >= 0.6 is 0 Å². The zero-order valence-electron chi connectivity index (χ0n) is 6.49. The molecule has 0 saturated heterocycles. The van der Waals surface area contributed by atoms with Crippen LogP contribution in [0.5, 0.6) is 0 Å². The zero-order valence-corrected chi connectivity index (χ0v) is 6.49. The molecule has 0 fully saturated rings. The van der Waals surface area contributed by atoms with Gasteiger partial charge in [0.25, 0.3) is 0 Å². The summed E-state index contributed by atoms with van der Waals surface area (Å²) in [4.78, 5) is 0. The number of hydrogen-bond donors (Lipinski definition) is 0. The van der Waals surface area contributed by atoms with Gasteiger partial charge in [0, 0.05) is 13.0 Å². The molecule has 0 aromatic rings. The Bertz CT molecular complexity index is 78.2. The molecule has 1 nitrogen and oxygen atoms in total. The van der Waals surface area contributed by atoms with Gasteiger partial charge in [-0.2, -0.15) is 0 Å². The van der Waals surface area contributed by atoms with Crippen molar-refractivity contribution in [3.63, 3.8) is 0 Å². The second-order valence-corrected chi connectivity index (χ2v) is 2.43. The molecule has 0 amide bonds. The quantitative estimate of drug-likeness (QED) is 0.550. The summed E-state index contributed by atoms with van der Waals surface area (Å²) >= 11 is 0. The van der Waals surface area contributed by atoms with E-state index in [4.69, 9.17) is 4.74 Å². The van der Waals surface area contributed by atoms with Crippen molar-refractivity contribution >= 4 is 0 Å². The van der Waals surface area contributed by atoms with Crippen molar-refractivity contribution in [1.29, 1.82) is 0 Å². The van der Waals surface area contributed by atoms with Crippen molar-refractivity contribution < 1.29 is 13.5 Å². The van der Waals surface area contributed by atoms with Gasteiger partial charge in [0.15, 0.2) is 0 Å². The molecule has 0 aliphatic carbocycles. The van der Waals surface area contributed by atoms with Crippen molar-refractivity contribution in [2.24, 2.45) is 0 Å². The molecule has 0 spiro atoms. The second kappa shape index (κ2) is 4.61. The van der Waals surface area contributed by atoms with E-state index >= 15 is 0 Å². The van der Waals surface area contributed by atoms with Crippen molar-refractivity contribution in [2.75, 3.05) is 13.2 Å². The van der Waals surface area contributed by atoms with Gasteiger partial charge in [-0.3, -0.25) is 0 Å². The van der Waals surface area contributed by atoms with Gasteiger partial charge in [-0.05, 0) is 13.3 Å². The third-order valence-corrected chi connectivity index (χ3v) is 1.03. The molecule has 0 unspecified atom stereocenters. The topological polar surface area (TPSA) is 9.23 Å². The predicted molar refractivity (Wildman–Crippen MR) is 36.3 cm³/mol. The number of ether oxygens (including phenoxy) is 1. The summed E-state index contributed by atoms with van der Waals surface area (Å²) in [6.07, 6.45) is 0.711. The van der Waals surface area contributed by atoms with Crippen molar-refractivity contribution in [2.45, 2.75) is 32.6 Å². The van der Waals surface area contributed by atoms with E-state index in [1.54, 1.807) is 0 Å². The zero-order chi connectivity index (χ0) is 8.04. The van der Waals surface area contributed by atoms with E-state index in [-0.39, 0.29) is 13.0 Å². The first-order chi connectivity index (χ1) is 4.56. The minimum absolute atomic E-state index is 0.164. The Hall–Kier alpha value is -0.180. The molecule has 0 aliphatic heterocycles. The summed E-state index contributed by atoms with van der Waals surface area (Å²) in [5.74, 6) is -2.58. The van der Waals surface area contributed by atoms with Gasteiger partial charge in [-0.1, -0.05) is 6.92 Å². The molecule has 0 rings (SSSR count). The van der Waals surface area contributed by atoms with E-state index in [0.717, 1.165) is 13.3 Å². The molecule has 0 radical (unpaired) electrons. The van der Waals surface area contributed by atoms with E-state index < -0.39 is 5.92 Å². The minimum Gasteiger partial charge on any atom is -0.381 e. The van der Waals surface area contributed by atoms with Gasteiger partial charge in [0.1, 0.15) is 0 Å². The van der Waals surface area contributed by atoms with Crippen molar-refractivity contribution in [3.05, 3.63) is 0 Å². The highest BCUT2D eigenvalue weighted by molar-refractivity contribution is 4.55. The normalized spacial score (nSPS) is 12.0. The first-order valence-electron chi connectivity index (χ1n) is 3.52. The maximum Gasteiger partial charge on any atom is 0.247 e. The fraction of sp³-hybridized carbons (Fsp3) is 1.00. The number of rotatable bonds is 5. The van der Waals surface area contributed by atoms with Crippen LogP contribution in [0.3, 0.4) is 0 Å². The highest BCUT2D eigenvalue weighted by atomic mass is 19.3. The highest BCUT2D eigenvalue weighted by Gasteiger charge is 2.19. The summed E-state index contributed by atoms with van der Waals surface area (Å²) in [6, 6.07) is 0.